The van der Waals surface area contributed by atoms with Gasteiger partial charge in [-0.2, -0.15) is 0 Å². The third-order valence-electron chi connectivity index (χ3n) is 5.30. The fourth-order valence-corrected chi connectivity index (χ4v) is 6.01. The molecule has 1 atom stereocenters. The van der Waals surface area contributed by atoms with Gasteiger partial charge in [-0.15, -0.1) is 0 Å². The average Bonchev–Trinajstić information content (AvgIpc) is 3.02. The summed E-state index contributed by atoms with van der Waals surface area (Å²) in [6.07, 6.45) is 8.13. The number of sulfonamides is 1. The standard InChI is InChI=1S/C14H26N2O2S/c17-19(18,10-13-4-2-1-3-5-13)16-9-7-14(12-16)6-8-15-11-14/h13,15H,1-12H2. The first kappa shape index (κ1) is 13.8. The molecule has 110 valence electrons. The van der Waals surface area contributed by atoms with Crippen molar-refractivity contribution >= 4 is 10.0 Å². The van der Waals surface area contributed by atoms with Gasteiger partial charge in [-0.3, -0.25) is 0 Å². The van der Waals surface area contributed by atoms with Gasteiger partial charge in [-0.05, 0) is 43.6 Å². The number of hydrogen-bond acceptors (Lipinski definition) is 3. The highest BCUT2D eigenvalue weighted by Gasteiger charge is 2.44. The molecule has 1 spiro atoms. The van der Waals surface area contributed by atoms with Crippen molar-refractivity contribution in [3.63, 3.8) is 0 Å². The fourth-order valence-electron chi connectivity index (χ4n) is 4.03. The summed E-state index contributed by atoms with van der Waals surface area (Å²) >= 11 is 0. The van der Waals surface area contributed by atoms with Crippen LogP contribution in [0.2, 0.25) is 0 Å². The van der Waals surface area contributed by atoms with Crippen LogP contribution in [0.1, 0.15) is 44.9 Å². The summed E-state index contributed by atoms with van der Waals surface area (Å²) < 4.78 is 26.9. The third-order valence-corrected chi connectivity index (χ3v) is 7.29. The molecule has 2 heterocycles. The number of nitrogens with zero attached hydrogens (tertiary/aromatic N) is 1. The largest absolute Gasteiger partial charge is 0.316 e. The Morgan fingerprint density at radius 3 is 2.63 bits per heavy atom. The van der Waals surface area contributed by atoms with Gasteiger partial charge in [0.05, 0.1) is 5.75 Å². The first-order valence-electron chi connectivity index (χ1n) is 7.78. The molecule has 0 bridgehead atoms. The van der Waals surface area contributed by atoms with Crippen molar-refractivity contribution in [2.24, 2.45) is 11.3 Å². The smallest absolute Gasteiger partial charge is 0.214 e. The zero-order valence-electron chi connectivity index (χ0n) is 11.7. The molecule has 2 aliphatic heterocycles. The summed E-state index contributed by atoms with van der Waals surface area (Å²) in [6, 6.07) is 0. The van der Waals surface area contributed by atoms with Crippen LogP contribution in [0, 0.1) is 11.3 Å². The highest BCUT2D eigenvalue weighted by Crippen LogP contribution is 2.38. The molecule has 19 heavy (non-hydrogen) atoms. The van der Waals surface area contributed by atoms with Gasteiger partial charge in [0.1, 0.15) is 0 Å². The van der Waals surface area contributed by atoms with E-state index in [2.05, 4.69) is 5.32 Å². The highest BCUT2D eigenvalue weighted by molar-refractivity contribution is 7.89. The van der Waals surface area contributed by atoms with Gasteiger partial charge in [0.15, 0.2) is 0 Å². The summed E-state index contributed by atoms with van der Waals surface area (Å²) in [5.74, 6) is 0.813. The second-order valence-electron chi connectivity index (χ2n) is 6.79. The maximum atomic E-state index is 12.5. The molecule has 1 N–H and O–H groups in total. The van der Waals surface area contributed by atoms with Crippen molar-refractivity contribution in [3.05, 3.63) is 0 Å². The minimum absolute atomic E-state index is 0.250. The van der Waals surface area contributed by atoms with E-state index in [0.29, 0.717) is 11.7 Å². The van der Waals surface area contributed by atoms with Gasteiger partial charge < -0.3 is 5.32 Å². The summed E-state index contributed by atoms with van der Waals surface area (Å²) in [6.45, 7) is 3.56. The van der Waals surface area contributed by atoms with Gasteiger partial charge in [0.25, 0.3) is 0 Å². The van der Waals surface area contributed by atoms with Crippen molar-refractivity contribution in [2.45, 2.75) is 44.9 Å². The van der Waals surface area contributed by atoms with E-state index < -0.39 is 10.0 Å². The second-order valence-corrected chi connectivity index (χ2v) is 8.81. The molecule has 3 fully saturated rings. The van der Waals surface area contributed by atoms with Crippen molar-refractivity contribution in [3.8, 4) is 0 Å². The summed E-state index contributed by atoms with van der Waals surface area (Å²) in [4.78, 5) is 0. The molecule has 0 aromatic heterocycles. The van der Waals surface area contributed by atoms with Crippen LogP contribution in [-0.2, 0) is 10.0 Å². The summed E-state index contributed by atoms with van der Waals surface area (Å²) in [5, 5.41) is 3.39. The van der Waals surface area contributed by atoms with Gasteiger partial charge in [0.2, 0.25) is 10.0 Å². The Balaban J connectivity index is 1.61. The predicted octanol–water partition coefficient (Wildman–Crippen LogP) is 1.58. The van der Waals surface area contributed by atoms with Crippen LogP contribution in [0.25, 0.3) is 0 Å². The van der Waals surface area contributed by atoms with Crippen LogP contribution in [0.15, 0.2) is 0 Å². The van der Waals surface area contributed by atoms with Crippen molar-refractivity contribution in [1.29, 1.82) is 0 Å². The predicted molar refractivity (Wildman–Crippen MR) is 76.5 cm³/mol. The Kier molecular flexibility index (Phi) is 3.89. The minimum Gasteiger partial charge on any atom is -0.316 e. The molecule has 3 rings (SSSR count). The van der Waals surface area contributed by atoms with Crippen molar-refractivity contribution in [2.75, 3.05) is 31.9 Å². The van der Waals surface area contributed by atoms with E-state index in [1.807, 2.05) is 0 Å². The van der Waals surface area contributed by atoms with Crippen LogP contribution in [-0.4, -0.2) is 44.7 Å². The monoisotopic (exact) mass is 286 g/mol. The number of hydrogen-bond donors (Lipinski definition) is 1. The molecule has 0 aromatic rings. The maximum absolute atomic E-state index is 12.5. The Hall–Kier alpha value is -0.130. The summed E-state index contributed by atoms with van der Waals surface area (Å²) in [5.41, 5.74) is 0.250. The first-order valence-corrected chi connectivity index (χ1v) is 9.39. The Bertz CT molecular complexity index is 409. The fraction of sp³-hybridized carbons (Fsp3) is 1.00. The van der Waals surface area contributed by atoms with Crippen LogP contribution in [0.4, 0.5) is 0 Å². The molecule has 1 saturated carbocycles. The Morgan fingerprint density at radius 2 is 1.95 bits per heavy atom. The van der Waals surface area contributed by atoms with E-state index in [4.69, 9.17) is 0 Å². The molecule has 0 amide bonds. The molecular weight excluding hydrogens is 260 g/mol. The molecular formula is C14H26N2O2S. The van der Waals surface area contributed by atoms with E-state index in [1.54, 1.807) is 4.31 Å². The van der Waals surface area contributed by atoms with Gasteiger partial charge in [0, 0.05) is 19.6 Å². The van der Waals surface area contributed by atoms with Gasteiger partial charge >= 0.3 is 0 Å². The lowest BCUT2D eigenvalue weighted by molar-refractivity contribution is 0.333. The molecule has 4 nitrogen and oxygen atoms in total. The second kappa shape index (κ2) is 5.34. The normalized spacial score (nSPS) is 34.3. The van der Waals surface area contributed by atoms with Crippen LogP contribution in [0.3, 0.4) is 0 Å². The Labute approximate surface area is 117 Å². The van der Waals surface area contributed by atoms with E-state index in [1.165, 1.54) is 19.3 Å². The number of nitrogens with one attached hydrogen (secondary N) is 1. The van der Waals surface area contributed by atoms with E-state index in [0.717, 1.165) is 51.9 Å². The SMILES string of the molecule is O=S(=O)(CC1CCCCC1)N1CCC2(CCNC2)C1. The molecule has 0 aromatic carbocycles. The average molecular weight is 286 g/mol. The van der Waals surface area contributed by atoms with Crippen molar-refractivity contribution < 1.29 is 8.42 Å². The topological polar surface area (TPSA) is 49.4 Å². The van der Waals surface area contributed by atoms with Gasteiger partial charge in [-0.1, -0.05) is 19.3 Å². The molecule has 1 unspecified atom stereocenters. The lowest BCUT2D eigenvalue weighted by Gasteiger charge is -2.26. The number of rotatable bonds is 3. The lowest BCUT2D eigenvalue weighted by atomic mass is 9.87. The zero-order valence-corrected chi connectivity index (χ0v) is 12.6. The van der Waals surface area contributed by atoms with Crippen LogP contribution >= 0.6 is 0 Å². The molecule has 1 aliphatic carbocycles. The van der Waals surface area contributed by atoms with E-state index in [9.17, 15) is 8.42 Å². The minimum atomic E-state index is -3.02. The lowest BCUT2D eigenvalue weighted by Crippen LogP contribution is -2.36. The van der Waals surface area contributed by atoms with Crippen LogP contribution < -0.4 is 5.32 Å². The maximum Gasteiger partial charge on any atom is 0.214 e. The third kappa shape index (κ3) is 2.98. The molecule has 0 radical (unpaired) electrons. The van der Waals surface area contributed by atoms with Crippen LogP contribution in [0.5, 0.6) is 0 Å². The molecule has 2 saturated heterocycles. The highest BCUT2D eigenvalue weighted by atomic mass is 32.2. The van der Waals surface area contributed by atoms with E-state index >= 15 is 0 Å². The van der Waals surface area contributed by atoms with Gasteiger partial charge in [-0.25, -0.2) is 12.7 Å². The molecule has 3 aliphatic rings. The first-order chi connectivity index (χ1) is 9.10. The van der Waals surface area contributed by atoms with E-state index in [-0.39, 0.29) is 5.41 Å². The summed E-state index contributed by atoms with van der Waals surface area (Å²) in [7, 11) is -3.02. The quantitative estimate of drug-likeness (QED) is 0.857. The Morgan fingerprint density at radius 1 is 1.16 bits per heavy atom. The molecule has 5 heteroatoms. The van der Waals surface area contributed by atoms with Crippen molar-refractivity contribution in [1.82, 2.24) is 9.62 Å². The zero-order chi connectivity index (χ0) is 13.3.